The molecule has 0 aliphatic rings. The van der Waals surface area contributed by atoms with Gasteiger partial charge in [-0.05, 0) is 31.5 Å². The first-order valence-electron chi connectivity index (χ1n) is 8.23. The smallest absolute Gasteiger partial charge is 0.270 e. The summed E-state index contributed by atoms with van der Waals surface area (Å²) < 4.78 is 7.28. The number of aromatic nitrogens is 2. The Labute approximate surface area is 146 Å². The molecule has 1 atom stereocenters. The normalized spacial score (nSPS) is 12.1. The van der Waals surface area contributed by atoms with Gasteiger partial charge in [-0.2, -0.15) is 0 Å². The molecule has 0 radical (unpaired) electrons. The Hall–Kier alpha value is -2.86. The summed E-state index contributed by atoms with van der Waals surface area (Å²) in [5.41, 5.74) is 2.42. The number of rotatable bonds is 6. The van der Waals surface area contributed by atoms with E-state index in [0.29, 0.717) is 29.4 Å². The van der Waals surface area contributed by atoms with E-state index in [0.717, 1.165) is 5.56 Å². The zero-order chi connectivity index (χ0) is 17.8. The van der Waals surface area contributed by atoms with Gasteiger partial charge < -0.3 is 15.2 Å². The first-order valence-corrected chi connectivity index (χ1v) is 8.23. The molecule has 6 heteroatoms. The highest BCUT2D eigenvalue weighted by Crippen LogP contribution is 2.22. The lowest BCUT2D eigenvalue weighted by atomic mass is 10.1. The Kier molecular flexibility index (Phi) is 5.00. The topological polar surface area (TPSA) is 75.9 Å². The molecule has 130 valence electrons. The Morgan fingerprint density at radius 1 is 1.28 bits per heavy atom. The number of ether oxygens (including phenoxy) is 1. The maximum atomic E-state index is 12.6. The number of pyridine rings is 1. The predicted octanol–water partition coefficient (Wildman–Crippen LogP) is 2.50. The first kappa shape index (κ1) is 17.0. The lowest BCUT2D eigenvalue weighted by Gasteiger charge is -2.12. The van der Waals surface area contributed by atoms with Crippen molar-refractivity contribution in [2.75, 3.05) is 13.2 Å². The van der Waals surface area contributed by atoms with E-state index < -0.39 is 6.10 Å². The monoisotopic (exact) mass is 339 g/mol. The molecule has 0 fully saturated rings. The van der Waals surface area contributed by atoms with Crippen LogP contribution < -0.4 is 10.1 Å². The minimum Gasteiger partial charge on any atom is -0.490 e. The van der Waals surface area contributed by atoms with Gasteiger partial charge in [-0.25, -0.2) is 4.98 Å². The van der Waals surface area contributed by atoms with Crippen LogP contribution in [0.25, 0.3) is 5.65 Å². The van der Waals surface area contributed by atoms with E-state index in [1.54, 1.807) is 17.5 Å². The van der Waals surface area contributed by atoms with Gasteiger partial charge in [0.2, 0.25) is 0 Å². The molecule has 2 heterocycles. The van der Waals surface area contributed by atoms with Crippen LogP contribution in [0.1, 0.15) is 34.8 Å². The molecule has 0 saturated heterocycles. The second-order valence-corrected chi connectivity index (χ2v) is 5.68. The predicted molar refractivity (Wildman–Crippen MR) is 94.8 cm³/mol. The number of carbonyl (C=O) groups excluding carboxylic acids is 1. The molecular formula is C19H21N3O3. The molecule has 6 nitrogen and oxygen atoms in total. The Bertz CT molecular complexity index is 874. The quantitative estimate of drug-likeness (QED) is 0.723. The second-order valence-electron chi connectivity index (χ2n) is 5.68. The molecule has 25 heavy (non-hydrogen) atoms. The van der Waals surface area contributed by atoms with E-state index in [4.69, 9.17) is 4.74 Å². The average molecular weight is 339 g/mol. The molecule has 0 aliphatic heterocycles. The van der Waals surface area contributed by atoms with Gasteiger partial charge in [-0.15, -0.1) is 0 Å². The maximum Gasteiger partial charge on any atom is 0.270 e. The number of amides is 1. The molecular weight excluding hydrogens is 318 g/mol. The van der Waals surface area contributed by atoms with Crippen LogP contribution in [0.15, 0.2) is 48.7 Å². The number of hydrogen-bond donors (Lipinski definition) is 2. The van der Waals surface area contributed by atoms with Crippen molar-refractivity contribution in [3.8, 4) is 5.75 Å². The number of aliphatic hydroxyl groups excluding tert-OH is 1. The molecule has 1 aromatic carbocycles. The number of nitrogens with one attached hydrogen (secondary N) is 1. The highest BCUT2D eigenvalue weighted by Gasteiger charge is 2.19. The number of carbonyl (C=O) groups is 1. The Morgan fingerprint density at radius 2 is 2.04 bits per heavy atom. The van der Waals surface area contributed by atoms with Crippen LogP contribution in [0.4, 0.5) is 0 Å². The summed E-state index contributed by atoms with van der Waals surface area (Å²) in [5, 5.41) is 13.0. The zero-order valence-electron chi connectivity index (χ0n) is 14.3. The molecule has 1 amide bonds. The van der Waals surface area contributed by atoms with E-state index in [1.165, 1.54) is 0 Å². The fourth-order valence-electron chi connectivity index (χ4n) is 2.76. The van der Waals surface area contributed by atoms with E-state index >= 15 is 0 Å². The lowest BCUT2D eigenvalue weighted by molar-refractivity contribution is 0.0910. The van der Waals surface area contributed by atoms with Gasteiger partial charge in [-0.3, -0.25) is 9.20 Å². The number of aryl methyl sites for hydroxylation is 1. The molecule has 3 rings (SSSR count). The van der Waals surface area contributed by atoms with Crippen LogP contribution in [0, 0.1) is 6.92 Å². The van der Waals surface area contributed by atoms with Crippen molar-refractivity contribution < 1.29 is 14.6 Å². The summed E-state index contributed by atoms with van der Waals surface area (Å²) in [7, 11) is 0. The highest BCUT2D eigenvalue weighted by atomic mass is 16.5. The first-order chi connectivity index (χ1) is 12.1. The number of imidazole rings is 1. The lowest BCUT2D eigenvalue weighted by Crippen LogP contribution is -2.29. The fraction of sp³-hybridized carbons (Fsp3) is 0.263. The number of aliphatic hydroxyl groups is 1. The summed E-state index contributed by atoms with van der Waals surface area (Å²) in [6, 6.07) is 12.9. The van der Waals surface area contributed by atoms with Crippen LogP contribution in [0.3, 0.4) is 0 Å². The summed E-state index contributed by atoms with van der Waals surface area (Å²) >= 11 is 0. The Morgan fingerprint density at radius 3 is 2.76 bits per heavy atom. The summed E-state index contributed by atoms with van der Waals surface area (Å²) in [4.78, 5) is 17.1. The van der Waals surface area contributed by atoms with Crippen LogP contribution in [-0.4, -0.2) is 33.6 Å². The number of benzene rings is 1. The van der Waals surface area contributed by atoms with Crippen molar-refractivity contribution in [3.63, 3.8) is 0 Å². The van der Waals surface area contributed by atoms with E-state index in [1.807, 2.05) is 49.4 Å². The van der Waals surface area contributed by atoms with E-state index in [2.05, 4.69) is 10.3 Å². The second kappa shape index (κ2) is 7.36. The molecule has 2 aromatic heterocycles. The van der Waals surface area contributed by atoms with Crippen LogP contribution in [0.2, 0.25) is 0 Å². The molecule has 3 aromatic rings. The van der Waals surface area contributed by atoms with Gasteiger partial charge in [0.05, 0.1) is 18.4 Å². The van der Waals surface area contributed by atoms with Crippen molar-refractivity contribution >= 4 is 11.6 Å². The molecule has 0 unspecified atom stereocenters. The van der Waals surface area contributed by atoms with E-state index in [-0.39, 0.29) is 12.5 Å². The molecule has 0 bridgehead atoms. The van der Waals surface area contributed by atoms with Crippen molar-refractivity contribution in [1.29, 1.82) is 0 Å². The molecule has 0 spiro atoms. The highest BCUT2D eigenvalue weighted by molar-refractivity contribution is 5.95. The molecule has 2 N–H and O–H groups in total. The maximum absolute atomic E-state index is 12.6. The van der Waals surface area contributed by atoms with Crippen molar-refractivity contribution in [2.24, 2.45) is 0 Å². The number of fused-ring (bicyclic) bond motifs is 1. The standard InChI is InChI=1S/C19H21N3O3/c1-3-25-16-10-7-11-22-17(13(2)21-18(16)22)19(24)20-12-15(23)14-8-5-4-6-9-14/h4-11,15,23H,3,12H2,1-2H3,(H,20,24)/t15-/m1/s1. The van der Waals surface area contributed by atoms with Crippen molar-refractivity contribution in [3.05, 3.63) is 65.6 Å². The molecule has 0 aliphatic carbocycles. The minimum atomic E-state index is -0.761. The summed E-state index contributed by atoms with van der Waals surface area (Å²) in [6.45, 7) is 4.33. The van der Waals surface area contributed by atoms with Gasteiger partial charge >= 0.3 is 0 Å². The summed E-state index contributed by atoms with van der Waals surface area (Å²) in [6.07, 6.45) is 1.02. The van der Waals surface area contributed by atoms with Crippen LogP contribution in [-0.2, 0) is 0 Å². The van der Waals surface area contributed by atoms with Gasteiger partial charge in [-0.1, -0.05) is 30.3 Å². The number of nitrogens with zero attached hydrogens (tertiary/aromatic N) is 2. The average Bonchev–Trinajstić information content (AvgIpc) is 2.97. The zero-order valence-corrected chi connectivity index (χ0v) is 14.3. The van der Waals surface area contributed by atoms with Crippen molar-refractivity contribution in [2.45, 2.75) is 20.0 Å². The van der Waals surface area contributed by atoms with Gasteiger partial charge in [0.25, 0.3) is 5.91 Å². The third kappa shape index (κ3) is 3.49. The van der Waals surface area contributed by atoms with E-state index in [9.17, 15) is 9.90 Å². The van der Waals surface area contributed by atoms with Crippen molar-refractivity contribution in [1.82, 2.24) is 14.7 Å². The van der Waals surface area contributed by atoms with Gasteiger partial charge in [0.1, 0.15) is 5.69 Å². The number of hydrogen-bond acceptors (Lipinski definition) is 4. The largest absolute Gasteiger partial charge is 0.490 e. The molecule has 0 saturated carbocycles. The third-order valence-electron chi connectivity index (χ3n) is 3.94. The minimum absolute atomic E-state index is 0.126. The summed E-state index contributed by atoms with van der Waals surface area (Å²) in [5.74, 6) is 0.352. The van der Waals surface area contributed by atoms with Gasteiger partial charge in [0, 0.05) is 12.7 Å². The van der Waals surface area contributed by atoms with Crippen LogP contribution >= 0.6 is 0 Å². The third-order valence-corrected chi connectivity index (χ3v) is 3.94. The Balaban J connectivity index is 1.80. The SMILES string of the molecule is CCOc1cccn2c(C(=O)NC[C@@H](O)c3ccccc3)c(C)nc12. The van der Waals surface area contributed by atoms with Crippen LogP contribution in [0.5, 0.6) is 5.75 Å². The fourth-order valence-corrected chi connectivity index (χ4v) is 2.76. The van der Waals surface area contributed by atoms with Gasteiger partial charge in [0.15, 0.2) is 11.4 Å².